The van der Waals surface area contributed by atoms with Gasteiger partial charge in [0.15, 0.2) is 0 Å². The van der Waals surface area contributed by atoms with E-state index < -0.39 is 14.7 Å². The minimum absolute atomic E-state index is 0.0470. The van der Waals surface area contributed by atoms with Crippen molar-refractivity contribution in [3.8, 4) is 17.5 Å². The van der Waals surface area contributed by atoms with Crippen LogP contribution in [0.15, 0.2) is 71.8 Å². The number of halogens is 2. The molecule has 5 rings (SSSR count). The first-order chi connectivity index (χ1) is 16.0. The van der Waals surface area contributed by atoms with Crippen molar-refractivity contribution in [2.75, 3.05) is 0 Å². The first kappa shape index (κ1) is 22.0. The summed E-state index contributed by atoms with van der Waals surface area (Å²) in [6, 6.07) is 17.0. The minimum atomic E-state index is -1.44. The number of aryl methyl sites for hydroxylation is 1. The Kier molecular flexibility index (Phi) is 6.16. The van der Waals surface area contributed by atoms with Crippen LogP contribution in [-0.4, -0.2) is 20.3 Å². The number of amides is 1. The molecule has 0 saturated carbocycles. The second kappa shape index (κ2) is 9.23. The first-order valence-electron chi connectivity index (χ1n) is 10.2. The number of benzene rings is 2. The van der Waals surface area contributed by atoms with E-state index in [2.05, 4.69) is 24.3 Å². The summed E-state index contributed by atoms with van der Waals surface area (Å²) in [5, 5.41) is 8.68. The van der Waals surface area contributed by atoms with Crippen LogP contribution in [-0.2, 0) is 7.05 Å². The van der Waals surface area contributed by atoms with Crippen LogP contribution < -0.4 is 10.9 Å². The number of aromatic nitrogens is 3. The lowest BCUT2D eigenvalue weighted by Crippen LogP contribution is -2.30. The molecule has 0 saturated heterocycles. The molecule has 1 aliphatic rings. The molecule has 4 aromatic rings. The first-order valence-corrected chi connectivity index (χ1v) is 20.1. The van der Waals surface area contributed by atoms with Crippen molar-refractivity contribution < 1.29 is 4.79 Å². The standard InChI is InChI=1S/C25H20I2N4O2/c1-17(29-25(33)27-16-26-27)22-13-20-8-6-7-19(12-11-18-14-28-30(2)15-18)23(20)24(32)31(22)21-9-4-3-5-10-21/h3-10,13-17H,1-2H3,(H,29,33)/t17-/m0/s1. The Labute approximate surface area is 202 Å². The van der Waals surface area contributed by atoms with E-state index in [4.69, 9.17) is 0 Å². The summed E-state index contributed by atoms with van der Waals surface area (Å²) in [5.41, 5.74) is 2.84. The number of para-hydroxylation sites is 1. The molecule has 1 aliphatic heterocycles. The van der Waals surface area contributed by atoms with Crippen LogP contribution >= 0.6 is 31.3 Å². The largest absolute Gasteiger partial charge is 0.340 e. The molecule has 0 fully saturated rings. The van der Waals surface area contributed by atoms with Crippen molar-refractivity contribution in [3.63, 3.8) is 0 Å². The van der Waals surface area contributed by atoms with Gasteiger partial charge in [0.1, 0.15) is 0 Å². The van der Waals surface area contributed by atoms with Gasteiger partial charge in [0.05, 0.1) is 23.2 Å². The monoisotopic (exact) mass is 662 g/mol. The molecular weight excluding hydrogens is 642 g/mol. The quantitative estimate of drug-likeness (QED) is 0.144. The molecule has 0 aliphatic carbocycles. The predicted molar refractivity (Wildman–Crippen MR) is 150 cm³/mol. The normalized spacial score (nSPS) is 13.6. The second-order valence-corrected chi connectivity index (χ2v) is 23.2. The zero-order valence-electron chi connectivity index (χ0n) is 17.9. The fourth-order valence-corrected chi connectivity index (χ4v) is 13.2. The van der Waals surface area contributed by atoms with E-state index >= 15 is 0 Å². The molecule has 1 N–H and O–H groups in total. The summed E-state index contributed by atoms with van der Waals surface area (Å²) in [7, 11) is 1.84. The third-order valence-corrected chi connectivity index (χ3v) is 16.2. The van der Waals surface area contributed by atoms with E-state index in [0.29, 0.717) is 10.9 Å². The van der Waals surface area contributed by atoms with Gasteiger partial charge in [0.2, 0.25) is 0 Å². The number of pyridine rings is 1. The Morgan fingerprint density at radius 2 is 1.94 bits per heavy atom. The third kappa shape index (κ3) is 4.65. The van der Waals surface area contributed by atoms with Crippen molar-refractivity contribution >= 4 is 48.0 Å². The maximum atomic E-state index is 13.9. The van der Waals surface area contributed by atoms with Gasteiger partial charge in [0.25, 0.3) is 9.47 Å². The Bertz CT molecular complexity index is 1610. The highest BCUT2D eigenvalue weighted by Crippen LogP contribution is 2.41. The molecule has 1 amide bonds. The summed E-state index contributed by atoms with van der Waals surface area (Å²) in [6.07, 6.45) is 3.54. The molecule has 1 atom stereocenters. The van der Waals surface area contributed by atoms with E-state index in [1.54, 1.807) is 15.4 Å². The van der Waals surface area contributed by atoms with Crippen molar-refractivity contribution in [2.45, 2.75) is 13.0 Å². The zero-order valence-corrected chi connectivity index (χ0v) is 22.2. The average Bonchev–Trinajstić information content (AvgIpc) is 3.59. The molecule has 3 heterocycles. The Morgan fingerprint density at radius 3 is 2.64 bits per heavy atom. The molecule has 166 valence electrons. The highest BCUT2D eigenvalue weighted by Gasteiger charge is 2.20. The highest BCUT2D eigenvalue weighted by atomic mass is 128. The molecule has 0 spiro atoms. The topological polar surface area (TPSA) is 68.9 Å². The Balaban J connectivity index is 1.70. The van der Waals surface area contributed by atoms with Gasteiger partial charge in [-0.05, 0) is 67.9 Å². The molecule has 0 radical (unpaired) electrons. The smallest absolute Gasteiger partial charge is 0.276 e. The van der Waals surface area contributed by atoms with Gasteiger partial charge in [-0.15, -0.1) is 0 Å². The maximum absolute atomic E-state index is 13.9. The molecular formula is C25H20I2N4O2. The van der Waals surface area contributed by atoms with Gasteiger partial charge in [0, 0.05) is 32.2 Å². The number of nitrogens with one attached hydrogen (secondary N) is 1. The van der Waals surface area contributed by atoms with E-state index in [0.717, 1.165) is 22.3 Å². The number of fused-ring (bicyclic) bond motifs is 1. The SMILES string of the molecule is C[C@H](NC(=O)I1=CI=1)c1cc2cccc(C#Cc3cnn(C)c3)c2c(=O)n1-c1ccccc1. The molecule has 0 unspecified atom stereocenters. The minimum Gasteiger partial charge on any atom is -0.340 e. The lowest BCUT2D eigenvalue weighted by molar-refractivity contribution is 0.260. The summed E-state index contributed by atoms with van der Waals surface area (Å²) in [5.74, 6) is 6.27. The number of carbonyl (C=O) groups excluding carboxylic acids is 1. The number of nitrogens with zero attached hydrogens (tertiary/aromatic N) is 3. The fraction of sp³-hybridized carbons (Fsp3) is 0.120. The number of rotatable bonds is 4. The van der Waals surface area contributed by atoms with E-state index in [9.17, 15) is 9.59 Å². The van der Waals surface area contributed by atoms with Crippen LogP contribution in [0.25, 0.3) is 16.5 Å². The van der Waals surface area contributed by atoms with Crippen molar-refractivity contribution in [1.82, 2.24) is 19.7 Å². The van der Waals surface area contributed by atoms with E-state index in [-0.39, 0.29) is 32.1 Å². The van der Waals surface area contributed by atoms with E-state index in [1.165, 1.54) is 0 Å². The van der Waals surface area contributed by atoms with Gasteiger partial charge in [-0.2, -0.15) is 5.10 Å². The second-order valence-electron chi connectivity index (χ2n) is 7.54. The molecule has 2 aromatic heterocycles. The summed E-state index contributed by atoms with van der Waals surface area (Å²) in [6.45, 7) is 1.95. The van der Waals surface area contributed by atoms with Gasteiger partial charge in [-0.25, -0.2) is 0 Å². The summed E-state index contributed by atoms with van der Waals surface area (Å²) >= 11 is -1.39. The summed E-state index contributed by atoms with van der Waals surface area (Å²) in [4.78, 5) is 26.4. The maximum Gasteiger partial charge on any atom is 0.276 e. The summed E-state index contributed by atoms with van der Waals surface area (Å²) < 4.78 is 5.84. The number of hydrogen-bond donors (Lipinski definition) is 1. The molecule has 6 nitrogen and oxygen atoms in total. The molecule has 33 heavy (non-hydrogen) atoms. The Morgan fingerprint density at radius 1 is 1.15 bits per heavy atom. The van der Waals surface area contributed by atoms with E-state index in [1.807, 2.05) is 74.8 Å². The van der Waals surface area contributed by atoms with Crippen molar-refractivity contribution in [3.05, 3.63) is 94.2 Å². The zero-order chi connectivity index (χ0) is 22.9. The highest BCUT2D eigenvalue weighted by molar-refractivity contribution is 14.9. The molecule has 0 bridgehead atoms. The van der Waals surface area contributed by atoms with Crippen LogP contribution in [0.5, 0.6) is 0 Å². The number of hydrogen-bond acceptors (Lipinski definition) is 3. The van der Waals surface area contributed by atoms with Gasteiger partial charge in [-0.3, -0.25) is 18.8 Å². The number of carbonyl (C=O) groups is 1. The van der Waals surface area contributed by atoms with Crippen LogP contribution in [0, 0.1) is 11.8 Å². The average molecular weight is 662 g/mol. The van der Waals surface area contributed by atoms with Crippen LogP contribution in [0.4, 0.5) is 4.79 Å². The third-order valence-electron chi connectivity index (χ3n) is 5.24. The lowest BCUT2D eigenvalue weighted by atomic mass is 10.0. The van der Waals surface area contributed by atoms with Gasteiger partial charge < -0.3 is 5.32 Å². The lowest BCUT2D eigenvalue weighted by Gasteiger charge is -2.20. The van der Waals surface area contributed by atoms with Crippen LogP contribution in [0.1, 0.15) is 29.8 Å². The van der Waals surface area contributed by atoms with Crippen molar-refractivity contribution in [2.24, 2.45) is 7.05 Å². The van der Waals surface area contributed by atoms with Gasteiger partial charge in [-0.1, -0.05) is 42.2 Å². The van der Waals surface area contributed by atoms with Crippen molar-refractivity contribution in [1.29, 1.82) is 0 Å². The molecule has 8 heteroatoms. The molecule has 2 aromatic carbocycles. The van der Waals surface area contributed by atoms with Gasteiger partial charge >= 0.3 is 0 Å². The van der Waals surface area contributed by atoms with Crippen LogP contribution in [0.2, 0.25) is 0 Å². The van der Waals surface area contributed by atoms with Crippen LogP contribution in [0.3, 0.4) is 0 Å². The Hall–Kier alpha value is -2.78. The fourth-order valence-electron chi connectivity index (χ4n) is 3.66. The predicted octanol–water partition coefficient (Wildman–Crippen LogP) is 5.06.